The lowest BCUT2D eigenvalue weighted by Crippen LogP contribution is -2.28. The molecule has 148 valence electrons. The summed E-state index contributed by atoms with van der Waals surface area (Å²) in [5.74, 6) is 1.63. The summed E-state index contributed by atoms with van der Waals surface area (Å²) < 4.78 is 13.2. The number of aryl methyl sites for hydroxylation is 1. The third-order valence-electron chi connectivity index (χ3n) is 4.74. The first-order valence-electron chi connectivity index (χ1n) is 9.61. The van der Waals surface area contributed by atoms with E-state index >= 15 is 0 Å². The van der Waals surface area contributed by atoms with Crippen molar-refractivity contribution >= 4 is 16.9 Å². The lowest BCUT2D eigenvalue weighted by molar-refractivity contribution is 0.0909. The molecule has 0 saturated carbocycles. The molecule has 2 aromatic carbocycles. The molecule has 1 unspecified atom stereocenters. The third kappa shape index (κ3) is 4.16. The Balaban J connectivity index is 1.54. The normalized spacial score (nSPS) is 12.1. The summed E-state index contributed by atoms with van der Waals surface area (Å²) in [6, 6.07) is 19.0. The number of hydrogen-bond acceptors (Lipinski definition) is 4. The molecule has 2 aromatic heterocycles. The third-order valence-corrected chi connectivity index (χ3v) is 4.74. The second kappa shape index (κ2) is 8.22. The van der Waals surface area contributed by atoms with E-state index in [0.29, 0.717) is 13.2 Å². The number of nitrogens with one attached hydrogen (secondary N) is 1. The zero-order valence-electron chi connectivity index (χ0n) is 16.5. The number of nitrogens with zero attached hydrogens (tertiary/aromatic N) is 2. The van der Waals surface area contributed by atoms with Gasteiger partial charge < -0.3 is 19.0 Å². The van der Waals surface area contributed by atoms with Crippen LogP contribution in [0.4, 0.5) is 0 Å². The fourth-order valence-corrected chi connectivity index (χ4v) is 3.36. The van der Waals surface area contributed by atoms with Gasteiger partial charge in [0.15, 0.2) is 5.76 Å². The maximum absolute atomic E-state index is 12.4. The Kier molecular flexibility index (Phi) is 5.33. The molecule has 4 rings (SSSR count). The van der Waals surface area contributed by atoms with E-state index in [1.807, 2.05) is 62.4 Å². The predicted molar refractivity (Wildman–Crippen MR) is 111 cm³/mol. The number of hydrogen-bond donors (Lipinski definition) is 1. The highest BCUT2D eigenvalue weighted by Gasteiger charge is 2.20. The molecule has 6 heteroatoms. The fraction of sp³-hybridized carbons (Fsp3) is 0.217. The Hall–Kier alpha value is -3.54. The number of rotatable bonds is 7. The lowest BCUT2D eigenvalue weighted by atomic mass is 10.2. The smallest absolute Gasteiger partial charge is 0.287 e. The van der Waals surface area contributed by atoms with Gasteiger partial charge in [-0.1, -0.05) is 24.3 Å². The first-order chi connectivity index (χ1) is 14.1. The summed E-state index contributed by atoms with van der Waals surface area (Å²) in [6.45, 7) is 5.07. The highest BCUT2D eigenvalue weighted by Crippen LogP contribution is 2.22. The molecule has 1 amide bonds. The van der Waals surface area contributed by atoms with Crippen molar-refractivity contribution in [2.45, 2.75) is 26.4 Å². The van der Waals surface area contributed by atoms with Gasteiger partial charge in [-0.05, 0) is 55.8 Å². The number of para-hydroxylation sites is 2. The monoisotopic (exact) mass is 389 g/mol. The maximum atomic E-state index is 12.4. The van der Waals surface area contributed by atoms with Crippen molar-refractivity contribution in [1.29, 1.82) is 0 Å². The minimum absolute atomic E-state index is 0.267. The summed E-state index contributed by atoms with van der Waals surface area (Å²) in [4.78, 5) is 17.1. The van der Waals surface area contributed by atoms with Crippen LogP contribution in [-0.2, 0) is 6.54 Å². The van der Waals surface area contributed by atoms with Crippen LogP contribution in [0.2, 0.25) is 0 Å². The number of benzene rings is 2. The summed E-state index contributed by atoms with van der Waals surface area (Å²) in [7, 11) is 0. The van der Waals surface area contributed by atoms with E-state index in [2.05, 4.69) is 9.88 Å². The van der Waals surface area contributed by atoms with Crippen LogP contribution in [-0.4, -0.2) is 22.1 Å². The zero-order chi connectivity index (χ0) is 20.2. The van der Waals surface area contributed by atoms with Gasteiger partial charge in [0, 0.05) is 0 Å². The van der Waals surface area contributed by atoms with Crippen LogP contribution in [0.3, 0.4) is 0 Å². The second-order valence-corrected chi connectivity index (χ2v) is 6.95. The number of fused-ring (bicyclic) bond motifs is 1. The van der Waals surface area contributed by atoms with Crippen LogP contribution in [0.5, 0.6) is 5.75 Å². The van der Waals surface area contributed by atoms with E-state index in [4.69, 9.17) is 14.1 Å². The highest BCUT2D eigenvalue weighted by molar-refractivity contribution is 5.91. The molecule has 29 heavy (non-hydrogen) atoms. The SMILES string of the molecule is Cc1cccc(OCCn2c(C(C)NC(=O)c3ccco3)nc3ccccc32)c1. The van der Waals surface area contributed by atoms with E-state index in [9.17, 15) is 4.79 Å². The Morgan fingerprint density at radius 1 is 1.17 bits per heavy atom. The van der Waals surface area contributed by atoms with Crippen molar-refractivity contribution in [2.75, 3.05) is 6.61 Å². The van der Waals surface area contributed by atoms with Crippen molar-refractivity contribution in [1.82, 2.24) is 14.9 Å². The van der Waals surface area contributed by atoms with Crippen molar-refractivity contribution in [3.8, 4) is 5.75 Å². The van der Waals surface area contributed by atoms with Crippen LogP contribution < -0.4 is 10.1 Å². The van der Waals surface area contributed by atoms with Crippen LogP contribution in [0.1, 0.15) is 34.9 Å². The van der Waals surface area contributed by atoms with Gasteiger partial charge >= 0.3 is 0 Å². The fourth-order valence-electron chi connectivity index (χ4n) is 3.36. The average Bonchev–Trinajstić information content (AvgIpc) is 3.37. The molecule has 1 atom stereocenters. The quantitative estimate of drug-likeness (QED) is 0.505. The summed E-state index contributed by atoms with van der Waals surface area (Å²) >= 11 is 0. The van der Waals surface area contributed by atoms with Gasteiger partial charge in [-0.15, -0.1) is 0 Å². The van der Waals surface area contributed by atoms with Crippen molar-refractivity contribution in [3.05, 3.63) is 84.1 Å². The standard InChI is InChI=1S/C23H23N3O3/c1-16-7-5-8-18(15-16)28-14-12-26-20-10-4-3-9-19(20)25-22(26)17(2)24-23(27)21-11-6-13-29-21/h3-11,13,15,17H,12,14H2,1-2H3,(H,24,27). The molecule has 6 nitrogen and oxygen atoms in total. The van der Waals surface area contributed by atoms with Crippen LogP contribution in [0, 0.1) is 6.92 Å². The van der Waals surface area contributed by atoms with E-state index in [-0.39, 0.29) is 17.7 Å². The summed E-state index contributed by atoms with van der Waals surface area (Å²) in [5, 5.41) is 2.96. The van der Waals surface area contributed by atoms with Gasteiger partial charge in [0.05, 0.1) is 29.9 Å². The van der Waals surface area contributed by atoms with E-state index < -0.39 is 0 Å². The highest BCUT2D eigenvalue weighted by atomic mass is 16.5. The molecule has 0 fully saturated rings. The van der Waals surface area contributed by atoms with Crippen LogP contribution in [0.25, 0.3) is 11.0 Å². The Morgan fingerprint density at radius 2 is 2.03 bits per heavy atom. The molecular formula is C23H23N3O3. The van der Waals surface area contributed by atoms with Gasteiger partial charge in [-0.3, -0.25) is 4.79 Å². The average molecular weight is 389 g/mol. The Bertz CT molecular complexity index is 1120. The number of furan rings is 1. The molecule has 0 aliphatic carbocycles. The van der Waals surface area contributed by atoms with Crippen molar-refractivity contribution < 1.29 is 13.9 Å². The van der Waals surface area contributed by atoms with E-state index in [0.717, 1.165) is 28.2 Å². The Morgan fingerprint density at radius 3 is 2.83 bits per heavy atom. The predicted octanol–water partition coefficient (Wildman–Crippen LogP) is 4.51. The van der Waals surface area contributed by atoms with Gasteiger partial charge in [0.25, 0.3) is 5.91 Å². The molecule has 0 saturated heterocycles. The van der Waals surface area contributed by atoms with Gasteiger partial charge in [0.2, 0.25) is 0 Å². The lowest BCUT2D eigenvalue weighted by Gasteiger charge is -2.16. The summed E-state index contributed by atoms with van der Waals surface area (Å²) in [5.41, 5.74) is 3.05. The van der Waals surface area contributed by atoms with Gasteiger partial charge in [-0.2, -0.15) is 0 Å². The van der Waals surface area contributed by atoms with Crippen LogP contribution in [0.15, 0.2) is 71.3 Å². The minimum atomic E-state index is -0.293. The number of carbonyl (C=O) groups excluding carboxylic acids is 1. The van der Waals surface area contributed by atoms with Crippen LogP contribution >= 0.6 is 0 Å². The molecule has 0 aliphatic heterocycles. The van der Waals surface area contributed by atoms with Crippen molar-refractivity contribution in [2.24, 2.45) is 0 Å². The Labute approximate surface area is 169 Å². The molecule has 0 aliphatic rings. The van der Waals surface area contributed by atoms with Crippen molar-refractivity contribution in [3.63, 3.8) is 0 Å². The topological polar surface area (TPSA) is 69.3 Å². The number of imidazole rings is 1. The maximum Gasteiger partial charge on any atom is 0.287 e. The number of ether oxygens (including phenoxy) is 1. The number of aromatic nitrogens is 2. The second-order valence-electron chi connectivity index (χ2n) is 6.95. The largest absolute Gasteiger partial charge is 0.492 e. The van der Waals surface area contributed by atoms with Gasteiger partial charge in [-0.25, -0.2) is 4.98 Å². The number of carbonyl (C=O) groups is 1. The molecule has 4 aromatic rings. The molecule has 0 spiro atoms. The number of amides is 1. The first kappa shape index (κ1) is 18.8. The van der Waals surface area contributed by atoms with E-state index in [1.165, 1.54) is 6.26 Å². The molecule has 0 radical (unpaired) electrons. The first-order valence-corrected chi connectivity index (χ1v) is 9.61. The van der Waals surface area contributed by atoms with E-state index in [1.54, 1.807) is 12.1 Å². The molecule has 2 heterocycles. The summed E-state index contributed by atoms with van der Waals surface area (Å²) in [6.07, 6.45) is 1.48. The zero-order valence-corrected chi connectivity index (χ0v) is 16.5. The van der Waals surface area contributed by atoms with Gasteiger partial charge in [0.1, 0.15) is 18.2 Å². The molecule has 1 N–H and O–H groups in total. The minimum Gasteiger partial charge on any atom is -0.492 e. The molecular weight excluding hydrogens is 366 g/mol. The molecule has 0 bridgehead atoms.